The molecule has 0 heterocycles. The minimum atomic E-state index is 0.512. The van der Waals surface area contributed by atoms with Crippen LogP contribution in [0.4, 0.5) is 5.69 Å². The van der Waals surface area contributed by atoms with Crippen molar-refractivity contribution in [1.82, 2.24) is 0 Å². The number of hydrogen-bond donors (Lipinski definition) is 1. The molecule has 0 bridgehead atoms. The largest absolute Gasteiger partial charge is 0.497 e. The zero-order chi connectivity index (χ0) is 11.3. The van der Waals surface area contributed by atoms with E-state index in [0.29, 0.717) is 6.04 Å². The molecular formula is C13H21NO. The smallest absolute Gasteiger partial charge is 0.119 e. The predicted octanol–water partition coefficient (Wildman–Crippen LogP) is 3.54. The average molecular weight is 207 g/mol. The van der Waals surface area contributed by atoms with Crippen LogP contribution >= 0.6 is 0 Å². The van der Waals surface area contributed by atoms with Gasteiger partial charge in [-0.15, -0.1) is 0 Å². The fourth-order valence-electron chi connectivity index (χ4n) is 1.74. The highest BCUT2D eigenvalue weighted by molar-refractivity contribution is 5.46. The molecule has 0 saturated carbocycles. The quantitative estimate of drug-likeness (QED) is 0.797. The standard InChI is InChI=1S/C13H21NO/c1-10(2)9-11(3)14-12-5-7-13(15-4)8-6-12/h5-8,10-11,14H,9H2,1-4H3/t11-/m1/s1. The van der Waals surface area contributed by atoms with E-state index in [0.717, 1.165) is 17.4 Å². The average Bonchev–Trinajstić information content (AvgIpc) is 2.17. The van der Waals surface area contributed by atoms with E-state index in [9.17, 15) is 0 Å². The van der Waals surface area contributed by atoms with Crippen LogP contribution in [-0.2, 0) is 0 Å². The van der Waals surface area contributed by atoms with Crippen molar-refractivity contribution < 1.29 is 4.74 Å². The summed E-state index contributed by atoms with van der Waals surface area (Å²) >= 11 is 0. The summed E-state index contributed by atoms with van der Waals surface area (Å²) in [6.45, 7) is 6.70. The second-order valence-electron chi connectivity index (χ2n) is 4.40. The fourth-order valence-corrected chi connectivity index (χ4v) is 1.74. The lowest BCUT2D eigenvalue weighted by Gasteiger charge is -2.17. The van der Waals surface area contributed by atoms with E-state index in [1.807, 2.05) is 12.1 Å². The van der Waals surface area contributed by atoms with Gasteiger partial charge >= 0.3 is 0 Å². The van der Waals surface area contributed by atoms with Gasteiger partial charge in [0.05, 0.1) is 7.11 Å². The molecule has 2 heteroatoms. The van der Waals surface area contributed by atoms with Crippen molar-refractivity contribution in [3.05, 3.63) is 24.3 Å². The van der Waals surface area contributed by atoms with E-state index >= 15 is 0 Å². The second-order valence-corrected chi connectivity index (χ2v) is 4.40. The van der Waals surface area contributed by atoms with Crippen molar-refractivity contribution in [3.63, 3.8) is 0 Å². The Hall–Kier alpha value is -1.18. The van der Waals surface area contributed by atoms with E-state index in [2.05, 4.69) is 38.2 Å². The molecule has 1 N–H and O–H groups in total. The number of hydrogen-bond acceptors (Lipinski definition) is 2. The number of anilines is 1. The van der Waals surface area contributed by atoms with Crippen LogP contribution < -0.4 is 10.1 Å². The van der Waals surface area contributed by atoms with Gasteiger partial charge in [0.2, 0.25) is 0 Å². The summed E-state index contributed by atoms with van der Waals surface area (Å²) in [4.78, 5) is 0. The van der Waals surface area contributed by atoms with Crippen LogP contribution in [0.2, 0.25) is 0 Å². The third-order valence-electron chi connectivity index (χ3n) is 2.33. The van der Waals surface area contributed by atoms with Crippen LogP contribution in [0.25, 0.3) is 0 Å². The van der Waals surface area contributed by atoms with Crippen molar-refractivity contribution in [2.45, 2.75) is 33.2 Å². The Kier molecular flexibility index (Phi) is 4.47. The SMILES string of the molecule is COc1ccc(N[C@H](C)CC(C)C)cc1. The molecule has 0 fully saturated rings. The molecule has 0 saturated heterocycles. The highest BCUT2D eigenvalue weighted by Crippen LogP contribution is 2.17. The molecule has 0 spiro atoms. The molecule has 15 heavy (non-hydrogen) atoms. The van der Waals surface area contributed by atoms with Crippen LogP contribution in [0, 0.1) is 5.92 Å². The first-order valence-corrected chi connectivity index (χ1v) is 5.52. The Morgan fingerprint density at radius 3 is 2.20 bits per heavy atom. The number of nitrogens with one attached hydrogen (secondary N) is 1. The van der Waals surface area contributed by atoms with E-state index in [4.69, 9.17) is 4.74 Å². The zero-order valence-electron chi connectivity index (χ0n) is 10.1. The van der Waals surface area contributed by atoms with Crippen molar-refractivity contribution in [1.29, 1.82) is 0 Å². The molecule has 1 atom stereocenters. The minimum Gasteiger partial charge on any atom is -0.497 e. The first-order chi connectivity index (χ1) is 7.11. The fraction of sp³-hybridized carbons (Fsp3) is 0.538. The molecule has 0 aliphatic heterocycles. The Morgan fingerprint density at radius 2 is 1.73 bits per heavy atom. The lowest BCUT2D eigenvalue weighted by molar-refractivity contribution is 0.415. The van der Waals surface area contributed by atoms with Crippen LogP contribution in [0.15, 0.2) is 24.3 Å². The molecule has 0 aliphatic rings. The molecule has 0 amide bonds. The lowest BCUT2D eigenvalue weighted by Crippen LogP contribution is -2.17. The van der Waals surface area contributed by atoms with Crippen molar-refractivity contribution in [3.8, 4) is 5.75 Å². The molecule has 0 aromatic heterocycles. The van der Waals surface area contributed by atoms with E-state index in [-0.39, 0.29) is 0 Å². The maximum Gasteiger partial charge on any atom is 0.119 e. The number of methoxy groups -OCH3 is 1. The summed E-state index contributed by atoms with van der Waals surface area (Å²) in [6, 6.07) is 8.57. The van der Waals surface area contributed by atoms with Gasteiger partial charge in [0.15, 0.2) is 0 Å². The topological polar surface area (TPSA) is 21.3 Å². The molecule has 84 valence electrons. The van der Waals surface area contributed by atoms with E-state index in [1.54, 1.807) is 7.11 Å². The van der Waals surface area contributed by atoms with Gasteiger partial charge in [0.25, 0.3) is 0 Å². The highest BCUT2D eigenvalue weighted by atomic mass is 16.5. The van der Waals surface area contributed by atoms with Gasteiger partial charge in [-0.3, -0.25) is 0 Å². The molecule has 0 aliphatic carbocycles. The number of ether oxygens (including phenoxy) is 1. The molecule has 0 unspecified atom stereocenters. The number of benzene rings is 1. The third-order valence-corrected chi connectivity index (χ3v) is 2.33. The van der Waals surface area contributed by atoms with Gasteiger partial charge < -0.3 is 10.1 Å². The molecular weight excluding hydrogens is 186 g/mol. The molecule has 1 aromatic rings. The molecule has 2 nitrogen and oxygen atoms in total. The Balaban J connectivity index is 2.49. The maximum absolute atomic E-state index is 5.11. The molecule has 0 radical (unpaired) electrons. The highest BCUT2D eigenvalue weighted by Gasteiger charge is 2.04. The van der Waals surface area contributed by atoms with Gasteiger partial charge in [-0.1, -0.05) is 13.8 Å². The van der Waals surface area contributed by atoms with Crippen LogP contribution in [-0.4, -0.2) is 13.2 Å². The van der Waals surface area contributed by atoms with Gasteiger partial charge in [-0.05, 0) is 43.5 Å². The van der Waals surface area contributed by atoms with Crippen molar-refractivity contribution in [2.75, 3.05) is 12.4 Å². The summed E-state index contributed by atoms with van der Waals surface area (Å²) in [5.74, 6) is 1.63. The summed E-state index contributed by atoms with van der Waals surface area (Å²) in [5, 5.41) is 3.47. The summed E-state index contributed by atoms with van der Waals surface area (Å²) in [5.41, 5.74) is 1.16. The van der Waals surface area contributed by atoms with Gasteiger partial charge in [-0.2, -0.15) is 0 Å². The van der Waals surface area contributed by atoms with Gasteiger partial charge in [0.1, 0.15) is 5.75 Å². The van der Waals surface area contributed by atoms with E-state index in [1.165, 1.54) is 6.42 Å². The van der Waals surface area contributed by atoms with Crippen LogP contribution in [0.3, 0.4) is 0 Å². The Morgan fingerprint density at radius 1 is 1.13 bits per heavy atom. The number of rotatable bonds is 5. The van der Waals surface area contributed by atoms with Gasteiger partial charge in [-0.25, -0.2) is 0 Å². The zero-order valence-corrected chi connectivity index (χ0v) is 10.1. The van der Waals surface area contributed by atoms with Crippen molar-refractivity contribution >= 4 is 5.69 Å². The second kappa shape index (κ2) is 5.64. The predicted molar refractivity (Wildman–Crippen MR) is 65.5 cm³/mol. The van der Waals surface area contributed by atoms with E-state index < -0.39 is 0 Å². The monoisotopic (exact) mass is 207 g/mol. The first kappa shape index (κ1) is 11.9. The molecule has 1 aromatic carbocycles. The minimum absolute atomic E-state index is 0.512. The lowest BCUT2D eigenvalue weighted by atomic mass is 10.1. The Bertz CT molecular complexity index is 279. The first-order valence-electron chi connectivity index (χ1n) is 5.52. The van der Waals surface area contributed by atoms with Crippen molar-refractivity contribution in [2.24, 2.45) is 5.92 Å². The van der Waals surface area contributed by atoms with Crippen LogP contribution in [0.5, 0.6) is 5.75 Å². The normalized spacial score (nSPS) is 12.6. The third kappa shape index (κ3) is 4.24. The maximum atomic E-state index is 5.11. The Labute approximate surface area is 92.6 Å². The molecule has 1 rings (SSSR count). The van der Waals surface area contributed by atoms with Crippen LogP contribution in [0.1, 0.15) is 27.2 Å². The summed E-state index contributed by atoms with van der Waals surface area (Å²) in [7, 11) is 1.68. The summed E-state index contributed by atoms with van der Waals surface area (Å²) in [6.07, 6.45) is 1.19. The summed E-state index contributed by atoms with van der Waals surface area (Å²) < 4.78 is 5.11. The van der Waals surface area contributed by atoms with Gasteiger partial charge in [0, 0.05) is 11.7 Å².